The maximum absolute atomic E-state index is 10.7. The largest absolute Gasteiger partial charge is 0.441 e. The number of alkyl carbamates (subject to hydrolysis) is 1. The molecular formula is C7H9NO3. The molecule has 2 rings (SSSR count). The number of nitrogens with one attached hydrogen (secondary N) is 1. The summed E-state index contributed by atoms with van der Waals surface area (Å²) >= 11 is 0. The molecule has 0 aromatic carbocycles. The van der Waals surface area contributed by atoms with Crippen LogP contribution in [0, 0.1) is 0 Å². The van der Waals surface area contributed by atoms with Crippen LogP contribution in [0.3, 0.4) is 0 Å². The van der Waals surface area contributed by atoms with Crippen LogP contribution in [-0.4, -0.2) is 30.9 Å². The van der Waals surface area contributed by atoms with Gasteiger partial charge in [-0.1, -0.05) is 6.08 Å². The van der Waals surface area contributed by atoms with E-state index < -0.39 is 0 Å². The molecule has 0 saturated carbocycles. The number of hydrogen-bond donors (Lipinski definition) is 1. The van der Waals surface area contributed by atoms with E-state index in [-0.39, 0.29) is 24.3 Å². The van der Waals surface area contributed by atoms with Crippen molar-refractivity contribution in [2.24, 2.45) is 0 Å². The van der Waals surface area contributed by atoms with E-state index in [1.54, 1.807) is 6.08 Å². The number of rotatable bonds is 1. The zero-order chi connectivity index (χ0) is 7.84. The molecule has 1 amide bonds. The fourth-order valence-corrected chi connectivity index (χ4v) is 1.42. The molecule has 2 fully saturated rings. The third-order valence-corrected chi connectivity index (χ3v) is 1.97. The van der Waals surface area contributed by atoms with Gasteiger partial charge in [0.25, 0.3) is 0 Å². The van der Waals surface area contributed by atoms with Gasteiger partial charge in [-0.05, 0) is 0 Å². The van der Waals surface area contributed by atoms with Gasteiger partial charge >= 0.3 is 6.09 Å². The lowest BCUT2D eigenvalue weighted by atomic mass is 10.1. The minimum Gasteiger partial charge on any atom is -0.441 e. The van der Waals surface area contributed by atoms with Crippen LogP contribution in [0.4, 0.5) is 4.79 Å². The lowest BCUT2D eigenvalue weighted by Gasteiger charge is -2.09. The second-order valence-corrected chi connectivity index (χ2v) is 2.65. The summed E-state index contributed by atoms with van der Waals surface area (Å²) in [5.74, 6) is 0. The average molecular weight is 155 g/mol. The summed E-state index contributed by atoms with van der Waals surface area (Å²) in [4.78, 5) is 10.7. The minimum atomic E-state index is -0.352. The van der Waals surface area contributed by atoms with Gasteiger partial charge in [-0.2, -0.15) is 0 Å². The predicted octanol–water partition coefficient (Wildman–Crippen LogP) is 0.0482. The first kappa shape index (κ1) is 6.67. The van der Waals surface area contributed by atoms with Crippen LogP contribution in [0.25, 0.3) is 0 Å². The molecule has 4 nitrogen and oxygen atoms in total. The van der Waals surface area contributed by atoms with Crippen LogP contribution in [0.5, 0.6) is 0 Å². The highest BCUT2D eigenvalue weighted by Crippen LogP contribution is 2.22. The average Bonchev–Trinajstić information content (AvgIpc) is 2.45. The topological polar surface area (TPSA) is 47.6 Å². The number of carbonyl (C=O) groups excluding carboxylic acids is 1. The number of fused-ring (bicyclic) bond motifs is 1. The zero-order valence-corrected chi connectivity index (χ0v) is 5.95. The Kier molecular flexibility index (Phi) is 1.35. The Morgan fingerprint density at radius 2 is 2.55 bits per heavy atom. The Hall–Kier alpha value is -1.03. The van der Waals surface area contributed by atoms with Gasteiger partial charge in [0, 0.05) is 0 Å². The molecule has 11 heavy (non-hydrogen) atoms. The zero-order valence-electron chi connectivity index (χ0n) is 5.95. The van der Waals surface area contributed by atoms with Crippen molar-refractivity contribution in [3.05, 3.63) is 12.7 Å². The van der Waals surface area contributed by atoms with Crippen molar-refractivity contribution in [3.63, 3.8) is 0 Å². The standard InChI is InChI=1S/C7H9NO3/c1-2-5-6-4(3-10-5)8-7(9)11-6/h2,4-6H,1,3H2,(H,8,9)/t4-,5+,6-/m1/s1. The molecule has 60 valence electrons. The molecule has 0 spiro atoms. The Morgan fingerprint density at radius 3 is 3.27 bits per heavy atom. The Balaban J connectivity index is 2.12. The van der Waals surface area contributed by atoms with Crippen LogP contribution in [0.15, 0.2) is 12.7 Å². The molecular weight excluding hydrogens is 146 g/mol. The summed E-state index contributed by atoms with van der Waals surface area (Å²) in [6.07, 6.45) is 0.999. The van der Waals surface area contributed by atoms with Crippen molar-refractivity contribution < 1.29 is 14.3 Å². The third kappa shape index (κ3) is 0.903. The smallest absolute Gasteiger partial charge is 0.408 e. The quantitative estimate of drug-likeness (QED) is 0.544. The molecule has 3 atom stereocenters. The van der Waals surface area contributed by atoms with E-state index in [4.69, 9.17) is 9.47 Å². The Bertz CT molecular complexity index is 204. The van der Waals surface area contributed by atoms with E-state index >= 15 is 0 Å². The second-order valence-electron chi connectivity index (χ2n) is 2.65. The molecule has 4 heteroatoms. The molecule has 0 aromatic rings. The third-order valence-electron chi connectivity index (χ3n) is 1.97. The first-order chi connectivity index (χ1) is 5.31. The van der Waals surface area contributed by atoms with Gasteiger partial charge in [-0.15, -0.1) is 6.58 Å². The molecule has 0 aliphatic carbocycles. The van der Waals surface area contributed by atoms with Crippen molar-refractivity contribution in [3.8, 4) is 0 Å². The summed E-state index contributed by atoms with van der Waals surface area (Å²) in [7, 11) is 0. The van der Waals surface area contributed by atoms with E-state index in [0.717, 1.165) is 0 Å². The highest BCUT2D eigenvalue weighted by molar-refractivity contribution is 5.70. The fourth-order valence-electron chi connectivity index (χ4n) is 1.42. The van der Waals surface area contributed by atoms with Crippen LogP contribution < -0.4 is 5.32 Å². The van der Waals surface area contributed by atoms with Crippen molar-refractivity contribution >= 4 is 6.09 Å². The van der Waals surface area contributed by atoms with Crippen molar-refractivity contribution in [2.45, 2.75) is 18.2 Å². The fraction of sp³-hybridized carbons (Fsp3) is 0.571. The molecule has 2 aliphatic rings. The van der Waals surface area contributed by atoms with Crippen LogP contribution in [0.2, 0.25) is 0 Å². The molecule has 1 N–H and O–H groups in total. The molecule has 2 heterocycles. The molecule has 0 bridgehead atoms. The van der Waals surface area contributed by atoms with Crippen LogP contribution in [-0.2, 0) is 9.47 Å². The van der Waals surface area contributed by atoms with E-state index in [1.807, 2.05) is 0 Å². The van der Waals surface area contributed by atoms with Crippen molar-refractivity contribution in [1.82, 2.24) is 5.32 Å². The van der Waals surface area contributed by atoms with Crippen molar-refractivity contribution in [1.29, 1.82) is 0 Å². The molecule has 2 aliphatic heterocycles. The van der Waals surface area contributed by atoms with E-state index in [2.05, 4.69) is 11.9 Å². The minimum absolute atomic E-state index is 0.0190. The van der Waals surface area contributed by atoms with Crippen molar-refractivity contribution in [2.75, 3.05) is 6.61 Å². The Labute approximate surface area is 64.2 Å². The first-order valence-electron chi connectivity index (χ1n) is 3.52. The van der Waals surface area contributed by atoms with E-state index in [1.165, 1.54) is 0 Å². The first-order valence-corrected chi connectivity index (χ1v) is 3.52. The number of carbonyl (C=O) groups is 1. The summed E-state index contributed by atoms with van der Waals surface area (Å²) in [5, 5.41) is 2.65. The second kappa shape index (κ2) is 2.23. The SMILES string of the molecule is C=C[C@@H]1OC[C@H]2NC(=O)O[C@@H]12. The Morgan fingerprint density at radius 1 is 1.73 bits per heavy atom. The number of hydrogen-bond acceptors (Lipinski definition) is 3. The summed E-state index contributed by atoms with van der Waals surface area (Å²) in [6.45, 7) is 4.10. The maximum atomic E-state index is 10.7. The van der Waals surface area contributed by atoms with E-state index in [0.29, 0.717) is 6.61 Å². The highest BCUT2D eigenvalue weighted by Gasteiger charge is 2.44. The monoisotopic (exact) mass is 155 g/mol. The predicted molar refractivity (Wildman–Crippen MR) is 37.1 cm³/mol. The lowest BCUT2D eigenvalue weighted by Crippen LogP contribution is -2.31. The normalized spacial score (nSPS) is 41.1. The lowest BCUT2D eigenvalue weighted by molar-refractivity contribution is 0.0624. The summed E-state index contributed by atoms with van der Waals surface area (Å²) < 4.78 is 10.2. The maximum Gasteiger partial charge on any atom is 0.408 e. The van der Waals surface area contributed by atoms with E-state index in [9.17, 15) is 4.79 Å². The van der Waals surface area contributed by atoms with Gasteiger partial charge < -0.3 is 14.8 Å². The van der Waals surface area contributed by atoms with Gasteiger partial charge in [0.15, 0.2) is 6.10 Å². The molecule has 0 radical (unpaired) electrons. The van der Waals surface area contributed by atoms with Gasteiger partial charge in [0.05, 0.1) is 12.6 Å². The van der Waals surface area contributed by atoms with Gasteiger partial charge in [-0.3, -0.25) is 0 Å². The number of amides is 1. The van der Waals surface area contributed by atoms with Crippen LogP contribution in [0.1, 0.15) is 0 Å². The molecule has 0 aromatic heterocycles. The van der Waals surface area contributed by atoms with Gasteiger partial charge in [0.1, 0.15) is 6.10 Å². The van der Waals surface area contributed by atoms with Crippen LogP contribution >= 0.6 is 0 Å². The molecule has 2 saturated heterocycles. The number of ether oxygens (including phenoxy) is 2. The van der Waals surface area contributed by atoms with Gasteiger partial charge in [-0.25, -0.2) is 4.79 Å². The highest BCUT2D eigenvalue weighted by atomic mass is 16.6. The molecule has 0 unspecified atom stereocenters. The summed E-state index contributed by atoms with van der Waals surface area (Å²) in [5.41, 5.74) is 0. The van der Waals surface area contributed by atoms with Gasteiger partial charge in [0.2, 0.25) is 0 Å². The summed E-state index contributed by atoms with van der Waals surface area (Å²) in [6, 6.07) is 0.0190.